The lowest BCUT2D eigenvalue weighted by atomic mass is 10.1. The Morgan fingerprint density at radius 1 is 1.06 bits per heavy atom. The van der Waals surface area contributed by atoms with Crippen molar-refractivity contribution in [3.8, 4) is 0 Å². The maximum Gasteiger partial charge on any atom is 0.342 e. The van der Waals surface area contributed by atoms with E-state index in [-0.39, 0.29) is 18.7 Å². The summed E-state index contributed by atoms with van der Waals surface area (Å²) < 4.78 is 0. The first-order chi connectivity index (χ1) is 8.20. The monoisotopic (exact) mass is 245 g/mol. The number of unbranched alkanes of at least 4 members (excludes halogenated alkanes) is 5. The zero-order valence-corrected chi connectivity index (χ0v) is 10.5. The summed E-state index contributed by atoms with van der Waals surface area (Å²) in [6.45, 7) is 2.83. The van der Waals surface area contributed by atoms with Gasteiger partial charge in [-0.2, -0.15) is 5.26 Å². The van der Waals surface area contributed by atoms with Crippen LogP contribution >= 0.6 is 0 Å². The molecule has 0 aromatic heterocycles. The van der Waals surface area contributed by atoms with Gasteiger partial charge in [-0.05, 0) is 6.42 Å². The van der Waals surface area contributed by atoms with Gasteiger partial charge < -0.3 is 10.2 Å². The number of carbonyl (C=O) groups excluding carboxylic acids is 2. The molecular weight excluding hydrogens is 222 g/mol. The summed E-state index contributed by atoms with van der Waals surface area (Å²) in [5.41, 5.74) is 0. The van der Waals surface area contributed by atoms with Gasteiger partial charge in [-0.25, -0.2) is 4.79 Å². The van der Waals surface area contributed by atoms with E-state index >= 15 is 0 Å². The molecule has 0 aliphatic carbocycles. The van der Waals surface area contributed by atoms with Gasteiger partial charge in [0.15, 0.2) is 0 Å². The van der Waals surface area contributed by atoms with Crippen molar-refractivity contribution in [1.82, 2.24) is 5.32 Å². The summed E-state index contributed by atoms with van der Waals surface area (Å²) in [6, 6.07) is 0. The minimum absolute atomic E-state index is 0.0647. The van der Waals surface area contributed by atoms with E-state index in [2.05, 4.69) is 17.1 Å². The Labute approximate surface area is 102 Å². The van der Waals surface area contributed by atoms with E-state index in [1.165, 1.54) is 25.7 Å². The molecule has 0 radical (unpaired) electrons. The molecule has 0 unspecified atom stereocenters. The zero-order chi connectivity index (χ0) is 12.9. The van der Waals surface area contributed by atoms with Crippen molar-refractivity contribution in [1.29, 1.82) is 0 Å². The van der Waals surface area contributed by atoms with E-state index in [0.717, 1.165) is 12.8 Å². The summed E-state index contributed by atoms with van der Waals surface area (Å²) in [5.74, 6) is -0.955. The fourth-order valence-corrected chi connectivity index (χ4v) is 1.48. The molecule has 0 aliphatic rings. The van der Waals surface area contributed by atoms with E-state index in [1.54, 1.807) is 0 Å². The van der Waals surface area contributed by atoms with Gasteiger partial charge in [0.25, 0.3) is 0 Å². The van der Waals surface area contributed by atoms with Gasteiger partial charge in [0, 0.05) is 13.0 Å². The van der Waals surface area contributed by atoms with Crippen molar-refractivity contribution < 1.29 is 19.7 Å². The first-order valence-corrected chi connectivity index (χ1v) is 6.31. The van der Waals surface area contributed by atoms with Crippen LogP contribution in [-0.2, 0) is 14.5 Å². The third kappa shape index (κ3) is 11.2. The summed E-state index contributed by atoms with van der Waals surface area (Å²) in [5, 5.41) is 10.7. The SMILES string of the molecule is CCCCCCCCNC(=O)CCC(=O)OO. The predicted molar refractivity (Wildman–Crippen MR) is 64.3 cm³/mol. The summed E-state index contributed by atoms with van der Waals surface area (Å²) in [7, 11) is 0. The van der Waals surface area contributed by atoms with Crippen LogP contribution in [0.15, 0.2) is 0 Å². The molecule has 0 fully saturated rings. The van der Waals surface area contributed by atoms with E-state index < -0.39 is 5.97 Å². The largest absolute Gasteiger partial charge is 0.356 e. The molecule has 0 rings (SSSR count). The Hall–Kier alpha value is -1.10. The smallest absolute Gasteiger partial charge is 0.342 e. The third-order valence-corrected chi connectivity index (χ3v) is 2.51. The number of amides is 1. The topological polar surface area (TPSA) is 75.6 Å². The van der Waals surface area contributed by atoms with Gasteiger partial charge >= 0.3 is 5.97 Å². The second-order valence-corrected chi connectivity index (χ2v) is 4.08. The quantitative estimate of drug-likeness (QED) is 0.351. The number of hydrogen-bond acceptors (Lipinski definition) is 4. The Morgan fingerprint density at radius 3 is 2.35 bits per heavy atom. The van der Waals surface area contributed by atoms with Gasteiger partial charge in [0.05, 0.1) is 6.42 Å². The van der Waals surface area contributed by atoms with Crippen LogP contribution in [0, 0.1) is 0 Å². The molecule has 2 N–H and O–H groups in total. The fraction of sp³-hybridized carbons (Fsp3) is 0.833. The van der Waals surface area contributed by atoms with Crippen LogP contribution in [0.2, 0.25) is 0 Å². The standard InChI is InChI=1S/C12H23NO4/c1-2-3-4-5-6-7-10-13-11(14)8-9-12(15)17-16/h16H,2-10H2,1H3,(H,13,14). The molecular formula is C12H23NO4. The van der Waals surface area contributed by atoms with Crippen molar-refractivity contribution in [3.05, 3.63) is 0 Å². The Kier molecular flexibility index (Phi) is 10.7. The van der Waals surface area contributed by atoms with E-state index in [1.807, 2.05) is 0 Å². The molecule has 0 aromatic rings. The van der Waals surface area contributed by atoms with Crippen LogP contribution in [0.1, 0.15) is 58.3 Å². The zero-order valence-electron chi connectivity index (χ0n) is 10.5. The molecule has 0 spiro atoms. The molecule has 1 amide bonds. The lowest BCUT2D eigenvalue weighted by Crippen LogP contribution is -2.24. The maximum absolute atomic E-state index is 11.2. The van der Waals surface area contributed by atoms with Crippen molar-refractivity contribution >= 4 is 11.9 Å². The molecule has 0 saturated heterocycles. The molecule has 0 atom stereocenters. The third-order valence-electron chi connectivity index (χ3n) is 2.51. The average Bonchev–Trinajstić information content (AvgIpc) is 2.34. The van der Waals surface area contributed by atoms with E-state index in [9.17, 15) is 9.59 Å². The number of rotatable bonds is 10. The highest BCUT2D eigenvalue weighted by atomic mass is 17.1. The van der Waals surface area contributed by atoms with E-state index in [0.29, 0.717) is 6.54 Å². The molecule has 0 heterocycles. The normalized spacial score (nSPS) is 10.0. The van der Waals surface area contributed by atoms with Crippen LogP contribution in [0.25, 0.3) is 0 Å². The first kappa shape index (κ1) is 15.9. The second kappa shape index (κ2) is 11.4. The Morgan fingerprint density at radius 2 is 1.71 bits per heavy atom. The van der Waals surface area contributed by atoms with E-state index in [4.69, 9.17) is 5.26 Å². The van der Waals surface area contributed by atoms with Gasteiger partial charge in [0.2, 0.25) is 5.91 Å². The molecule has 0 aliphatic heterocycles. The highest BCUT2D eigenvalue weighted by molar-refractivity contribution is 5.80. The Bertz CT molecular complexity index is 219. The van der Waals surface area contributed by atoms with Crippen molar-refractivity contribution in [2.75, 3.05) is 6.54 Å². The molecule has 5 nitrogen and oxygen atoms in total. The van der Waals surface area contributed by atoms with Crippen molar-refractivity contribution in [2.24, 2.45) is 0 Å². The van der Waals surface area contributed by atoms with Gasteiger partial charge in [-0.3, -0.25) is 4.79 Å². The number of carbonyl (C=O) groups is 2. The van der Waals surface area contributed by atoms with Crippen LogP contribution in [-0.4, -0.2) is 23.7 Å². The lowest BCUT2D eigenvalue weighted by Gasteiger charge is -2.04. The molecule has 17 heavy (non-hydrogen) atoms. The summed E-state index contributed by atoms with van der Waals surface area (Å²) >= 11 is 0. The van der Waals surface area contributed by atoms with Crippen LogP contribution in [0.4, 0.5) is 0 Å². The van der Waals surface area contributed by atoms with Crippen LogP contribution in [0.3, 0.4) is 0 Å². The highest BCUT2D eigenvalue weighted by Crippen LogP contribution is 2.04. The molecule has 100 valence electrons. The minimum Gasteiger partial charge on any atom is -0.356 e. The van der Waals surface area contributed by atoms with Gasteiger partial charge in [-0.1, -0.05) is 39.0 Å². The average molecular weight is 245 g/mol. The van der Waals surface area contributed by atoms with Crippen LogP contribution < -0.4 is 5.32 Å². The fourth-order valence-electron chi connectivity index (χ4n) is 1.48. The summed E-state index contributed by atoms with van der Waals surface area (Å²) in [4.78, 5) is 25.2. The minimum atomic E-state index is -0.778. The van der Waals surface area contributed by atoms with Gasteiger partial charge in [-0.15, -0.1) is 0 Å². The first-order valence-electron chi connectivity index (χ1n) is 6.31. The second-order valence-electron chi connectivity index (χ2n) is 4.08. The highest BCUT2D eigenvalue weighted by Gasteiger charge is 2.06. The number of hydrogen-bond donors (Lipinski definition) is 2. The Balaban J connectivity index is 3.25. The lowest BCUT2D eigenvalue weighted by molar-refractivity contribution is -0.234. The van der Waals surface area contributed by atoms with Crippen molar-refractivity contribution in [3.63, 3.8) is 0 Å². The molecule has 5 heteroatoms. The predicted octanol–water partition coefficient (Wildman–Crippen LogP) is 2.26. The van der Waals surface area contributed by atoms with Crippen molar-refractivity contribution in [2.45, 2.75) is 58.3 Å². The number of nitrogens with one attached hydrogen (secondary N) is 1. The molecule has 0 aromatic carbocycles. The molecule has 0 saturated carbocycles. The van der Waals surface area contributed by atoms with Crippen LogP contribution in [0.5, 0.6) is 0 Å². The summed E-state index contributed by atoms with van der Waals surface area (Å²) in [6.07, 6.45) is 7.05. The molecule has 0 bridgehead atoms. The van der Waals surface area contributed by atoms with Gasteiger partial charge in [0.1, 0.15) is 0 Å². The maximum atomic E-state index is 11.2.